The Morgan fingerprint density at radius 3 is 2.55 bits per heavy atom. The van der Waals surface area contributed by atoms with E-state index in [2.05, 4.69) is 31.0 Å². The van der Waals surface area contributed by atoms with Crippen LogP contribution in [0.25, 0.3) is 0 Å². The zero-order valence-electron chi connectivity index (χ0n) is 12.6. The molecular weight excluding hydrogens is 274 g/mol. The van der Waals surface area contributed by atoms with E-state index in [-0.39, 0.29) is 11.9 Å². The Labute approximate surface area is 126 Å². The molecule has 0 bridgehead atoms. The standard InChI is InChI=1S/C15H24ClN3O/c1-5-10(3)19(6-2)11(4)15(20)18-14-8-7-12(17)9-13(14)16/h7-11H,5-6,17H2,1-4H3,(H,18,20). The minimum absolute atomic E-state index is 0.0566. The van der Waals surface area contributed by atoms with Crippen molar-refractivity contribution in [1.29, 1.82) is 0 Å². The molecule has 0 saturated carbocycles. The number of nitrogens with zero attached hydrogens (tertiary/aromatic N) is 1. The van der Waals surface area contributed by atoms with Crippen LogP contribution in [0.5, 0.6) is 0 Å². The Morgan fingerprint density at radius 2 is 2.05 bits per heavy atom. The lowest BCUT2D eigenvalue weighted by atomic mass is 10.1. The Kier molecular flexibility index (Phi) is 6.30. The lowest BCUT2D eigenvalue weighted by molar-refractivity contribution is -0.121. The summed E-state index contributed by atoms with van der Waals surface area (Å²) >= 11 is 6.07. The number of hydrogen-bond acceptors (Lipinski definition) is 3. The number of carbonyl (C=O) groups is 1. The lowest BCUT2D eigenvalue weighted by Crippen LogP contribution is -2.46. The summed E-state index contributed by atoms with van der Waals surface area (Å²) in [5.41, 5.74) is 6.82. The fourth-order valence-corrected chi connectivity index (χ4v) is 2.46. The second-order valence-corrected chi connectivity index (χ2v) is 5.40. The van der Waals surface area contributed by atoms with E-state index in [0.29, 0.717) is 22.4 Å². The first-order valence-corrected chi connectivity index (χ1v) is 7.40. The normalized spacial score (nSPS) is 14.1. The minimum Gasteiger partial charge on any atom is -0.399 e. The number of nitrogens with two attached hydrogens (primary N) is 1. The molecule has 5 heteroatoms. The van der Waals surface area contributed by atoms with Gasteiger partial charge in [-0.05, 0) is 45.0 Å². The predicted molar refractivity (Wildman–Crippen MR) is 86.1 cm³/mol. The molecule has 0 radical (unpaired) electrons. The van der Waals surface area contributed by atoms with E-state index >= 15 is 0 Å². The molecule has 2 atom stereocenters. The molecule has 2 unspecified atom stereocenters. The van der Waals surface area contributed by atoms with Gasteiger partial charge in [-0.1, -0.05) is 25.4 Å². The number of benzene rings is 1. The van der Waals surface area contributed by atoms with E-state index < -0.39 is 0 Å². The maximum Gasteiger partial charge on any atom is 0.241 e. The molecule has 20 heavy (non-hydrogen) atoms. The molecule has 1 aromatic rings. The summed E-state index contributed by atoms with van der Waals surface area (Å²) in [4.78, 5) is 14.5. The number of nitrogen functional groups attached to an aromatic ring is 1. The highest BCUT2D eigenvalue weighted by atomic mass is 35.5. The Morgan fingerprint density at radius 1 is 1.40 bits per heavy atom. The highest BCUT2D eigenvalue weighted by molar-refractivity contribution is 6.34. The smallest absolute Gasteiger partial charge is 0.241 e. The van der Waals surface area contributed by atoms with Gasteiger partial charge in [0.25, 0.3) is 0 Å². The van der Waals surface area contributed by atoms with E-state index in [1.54, 1.807) is 18.2 Å². The van der Waals surface area contributed by atoms with E-state index in [0.717, 1.165) is 13.0 Å². The number of amides is 1. The molecule has 0 fully saturated rings. The van der Waals surface area contributed by atoms with Crippen molar-refractivity contribution in [1.82, 2.24) is 4.90 Å². The van der Waals surface area contributed by atoms with Gasteiger partial charge in [-0.15, -0.1) is 0 Å². The molecule has 1 amide bonds. The fourth-order valence-electron chi connectivity index (χ4n) is 2.22. The van der Waals surface area contributed by atoms with Gasteiger partial charge in [0.2, 0.25) is 5.91 Å². The molecule has 1 aromatic carbocycles. The van der Waals surface area contributed by atoms with Crippen LogP contribution in [0.15, 0.2) is 18.2 Å². The third-order valence-electron chi connectivity index (χ3n) is 3.65. The molecule has 112 valence electrons. The van der Waals surface area contributed by atoms with Gasteiger partial charge in [-0.2, -0.15) is 0 Å². The lowest BCUT2D eigenvalue weighted by Gasteiger charge is -2.32. The Hall–Kier alpha value is -1.26. The predicted octanol–water partition coefficient (Wildman–Crippen LogP) is 3.37. The van der Waals surface area contributed by atoms with Crippen LogP contribution in [0.4, 0.5) is 11.4 Å². The third-order valence-corrected chi connectivity index (χ3v) is 3.96. The summed E-state index contributed by atoms with van der Waals surface area (Å²) in [6, 6.07) is 5.24. The second-order valence-electron chi connectivity index (χ2n) is 4.99. The van der Waals surface area contributed by atoms with Crippen molar-refractivity contribution in [3.8, 4) is 0 Å². The minimum atomic E-state index is -0.205. The molecule has 1 rings (SSSR count). The SMILES string of the molecule is CCC(C)N(CC)C(C)C(=O)Nc1ccc(N)cc1Cl. The number of likely N-dealkylation sites (N-methyl/N-ethyl adjacent to an activating group) is 1. The van der Waals surface area contributed by atoms with Gasteiger partial charge in [0.15, 0.2) is 0 Å². The third kappa shape index (κ3) is 4.12. The van der Waals surface area contributed by atoms with Crippen molar-refractivity contribution in [2.24, 2.45) is 0 Å². The average molecular weight is 298 g/mol. The van der Waals surface area contributed by atoms with Crippen LogP contribution >= 0.6 is 11.6 Å². The van der Waals surface area contributed by atoms with Gasteiger partial charge in [-0.25, -0.2) is 0 Å². The van der Waals surface area contributed by atoms with Crippen molar-refractivity contribution >= 4 is 28.9 Å². The quantitative estimate of drug-likeness (QED) is 0.792. The van der Waals surface area contributed by atoms with Crippen molar-refractivity contribution < 1.29 is 4.79 Å². The van der Waals surface area contributed by atoms with Crippen LogP contribution in [0, 0.1) is 0 Å². The maximum absolute atomic E-state index is 12.3. The Balaban J connectivity index is 2.79. The summed E-state index contributed by atoms with van der Waals surface area (Å²) < 4.78 is 0. The van der Waals surface area contributed by atoms with Crippen molar-refractivity contribution in [3.63, 3.8) is 0 Å². The highest BCUT2D eigenvalue weighted by Crippen LogP contribution is 2.24. The highest BCUT2D eigenvalue weighted by Gasteiger charge is 2.23. The largest absolute Gasteiger partial charge is 0.399 e. The van der Waals surface area contributed by atoms with Gasteiger partial charge in [0.05, 0.1) is 16.8 Å². The fraction of sp³-hybridized carbons (Fsp3) is 0.533. The van der Waals surface area contributed by atoms with Gasteiger partial charge in [0, 0.05) is 11.7 Å². The molecular formula is C15H24ClN3O. The molecule has 0 aliphatic heterocycles. The van der Waals surface area contributed by atoms with Crippen LogP contribution in [-0.2, 0) is 4.79 Å². The zero-order valence-corrected chi connectivity index (χ0v) is 13.4. The number of nitrogens with one attached hydrogen (secondary N) is 1. The van der Waals surface area contributed by atoms with Crippen LogP contribution in [0.3, 0.4) is 0 Å². The summed E-state index contributed by atoms with van der Waals surface area (Å²) in [6.45, 7) is 9.06. The molecule has 0 aromatic heterocycles. The molecule has 0 aliphatic rings. The molecule has 4 nitrogen and oxygen atoms in total. The maximum atomic E-state index is 12.3. The Bertz CT molecular complexity index is 464. The average Bonchev–Trinajstić information content (AvgIpc) is 2.42. The van der Waals surface area contributed by atoms with E-state index in [4.69, 9.17) is 17.3 Å². The van der Waals surface area contributed by atoms with Crippen LogP contribution in [-0.4, -0.2) is 29.4 Å². The van der Waals surface area contributed by atoms with Gasteiger partial charge in [-0.3, -0.25) is 9.69 Å². The van der Waals surface area contributed by atoms with Gasteiger partial charge in [0.1, 0.15) is 0 Å². The first-order valence-electron chi connectivity index (χ1n) is 7.02. The number of anilines is 2. The molecule has 0 aliphatic carbocycles. The molecule has 3 N–H and O–H groups in total. The van der Waals surface area contributed by atoms with E-state index in [9.17, 15) is 4.79 Å². The summed E-state index contributed by atoms with van der Waals surface area (Å²) in [5.74, 6) is -0.0566. The zero-order chi connectivity index (χ0) is 15.3. The van der Waals surface area contributed by atoms with Gasteiger partial charge >= 0.3 is 0 Å². The van der Waals surface area contributed by atoms with Crippen LogP contribution in [0.2, 0.25) is 5.02 Å². The monoisotopic (exact) mass is 297 g/mol. The number of hydrogen-bond donors (Lipinski definition) is 2. The van der Waals surface area contributed by atoms with Crippen molar-refractivity contribution in [3.05, 3.63) is 23.2 Å². The second kappa shape index (κ2) is 7.50. The first kappa shape index (κ1) is 16.8. The topological polar surface area (TPSA) is 58.4 Å². The molecule has 0 saturated heterocycles. The summed E-state index contributed by atoms with van der Waals surface area (Å²) in [6.07, 6.45) is 1.01. The molecule has 0 spiro atoms. The first-order chi connectivity index (χ1) is 9.40. The molecule has 0 heterocycles. The van der Waals surface area contributed by atoms with E-state index in [1.165, 1.54) is 0 Å². The van der Waals surface area contributed by atoms with Gasteiger partial charge < -0.3 is 11.1 Å². The van der Waals surface area contributed by atoms with E-state index in [1.807, 2.05) is 6.92 Å². The summed E-state index contributed by atoms with van der Waals surface area (Å²) in [7, 11) is 0. The van der Waals surface area contributed by atoms with Crippen molar-refractivity contribution in [2.45, 2.75) is 46.2 Å². The van der Waals surface area contributed by atoms with Crippen LogP contribution in [0.1, 0.15) is 34.1 Å². The number of rotatable bonds is 6. The number of halogens is 1. The van der Waals surface area contributed by atoms with Crippen LogP contribution < -0.4 is 11.1 Å². The summed E-state index contributed by atoms with van der Waals surface area (Å²) in [5, 5.41) is 3.32. The van der Waals surface area contributed by atoms with Crippen molar-refractivity contribution in [2.75, 3.05) is 17.6 Å². The number of carbonyl (C=O) groups excluding carboxylic acids is 1.